The minimum atomic E-state index is -0.384. The summed E-state index contributed by atoms with van der Waals surface area (Å²) in [4.78, 5) is 18.0. The molecule has 0 atom stereocenters. The van der Waals surface area contributed by atoms with Crippen molar-refractivity contribution in [2.75, 3.05) is 7.11 Å². The van der Waals surface area contributed by atoms with Gasteiger partial charge in [-0.25, -0.2) is 9.37 Å². The number of halogens is 1. The molecular weight excluding hydrogens is 453 g/mol. The lowest BCUT2D eigenvalue weighted by molar-refractivity contribution is 0.395. The molecule has 3 aromatic carbocycles. The van der Waals surface area contributed by atoms with Crippen molar-refractivity contribution >= 4 is 22.7 Å². The predicted molar refractivity (Wildman–Crippen MR) is 130 cm³/mol. The molecule has 0 unspecified atom stereocenters. The van der Waals surface area contributed by atoms with E-state index < -0.39 is 0 Å². The molecule has 0 aliphatic carbocycles. The van der Waals surface area contributed by atoms with Gasteiger partial charge in [0.2, 0.25) is 0 Å². The van der Waals surface area contributed by atoms with Crippen molar-refractivity contribution in [1.29, 1.82) is 0 Å². The first-order valence-electron chi connectivity index (χ1n) is 10.6. The second kappa shape index (κ2) is 9.15. The van der Waals surface area contributed by atoms with E-state index in [1.54, 1.807) is 44.4 Å². The van der Waals surface area contributed by atoms with Crippen LogP contribution in [0.15, 0.2) is 87.3 Å². The molecule has 0 fully saturated rings. The molecule has 0 radical (unpaired) electrons. The first kappa shape index (κ1) is 21.9. The van der Waals surface area contributed by atoms with Gasteiger partial charge in [-0.3, -0.25) is 9.36 Å². The van der Waals surface area contributed by atoms with E-state index in [4.69, 9.17) is 14.2 Å². The second-order valence-corrected chi connectivity index (χ2v) is 8.60. The lowest BCUT2D eigenvalue weighted by atomic mass is 10.1. The third-order valence-corrected chi connectivity index (χ3v) is 6.40. The zero-order valence-corrected chi connectivity index (χ0v) is 19.3. The van der Waals surface area contributed by atoms with Crippen LogP contribution in [0.2, 0.25) is 0 Å². The van der Waals surface area contributed by atoms with E-state index in [1.807, 2.05) is 36.4 Å². The minimum absolute atomic E-state index is 0.261. The van der Waals surface area contributed by atoms with Crippen LogP contribution in [0.3, 0.4) is 0 Å². The molecule has 170 valence electrons. The van der Waals surface area contributed by atoms with Gasteiger partial charge < -0.3 is 9.26 Å². The smallest absolute Gasteiger partial charge is 0.266 e. The lowest BCUT2D eigenvalue weighted by Gasteiger charge is -2.13. The van der Waals surface area contributed by atoms with E-state index in [1.165, 1.54) is 22.4 Å². The van der Waals surface area contributed by atoms with Crippen LogP contribution < -0.4 is 10.3 Å². The molecule has 34 heavy (non-hydrogen) atoms. The molecule has 0 amide bonds. The van der Waals surface area contributed by atoms with E-state index >= 15 is 0 Å². The van der Waals surface area contributed by atoms with Crippen LogP contribution in [0, 0.1) is 12.7 Å². The number of nitrogens with zero attached hydrogens (tertiary/aromatic N) is 3. The van der Waals surface area contributed by atoms with E-state index in [-0.39, 0.29) is 11.4 Å². The summed E-state index contributed by atoms with van der Waals surface area (Å²) < 4.78 is 26.7. The molecule has 5 aromatic rings. The Hall–Kier alpha value is -3.91. The summed E-state index contributed by atoms with van der Waals surface area (Å²) in [6.45, 7) is 1.68. The normalized spacial score (nSPS) is 11.1. The highest BCUT2D eigenvalue weighted by atomic mass is 32.2. The SMILES string of the molecule is COc1ccccc1-c1cc(CSc2nc3ccccc3c(=O)n2-c2ccc(C)c(F)c2)on1. The van der Waals surface area contributed by atoms with Crippen molar-refractivity contribution in [1.82, 2.24) is 14.7 Å². The summed E-state index contributed by atoms with van der Waals surface area (Å²) in [5.74, 6) is 1.29. The number of benzene rings is 3. The van der Waals surface area contributed by atoms with Crippen molar-refractivity contribution in [3.8, 4) is 22.7 Å². The van der Waals surface area contributed by atoms with Gasteiger partial charge in [0.1, 0.15) is 23.0 Å². The minimum Gasteiger partial charge on any atom is -0.496 e. The first-order chi connectivity index (χ1) is 16.5. The van der Waals surface area contributed by atoms with Crippen molar-refractivity contribution in [3.63, 3.8) is 0 Å². The standard InChI is InChI=1S/C26H20FN3O3S/c1-16-11-12-17(13-21(16)27)30-25(31)20-8-3-5-9-22(20)28-26(30)34-15-18-14-23(29-33-18)19-7-4-6-10-24(19)32-2/h3-14H,15H2,1-2H3. The molecule has 6 nitrogen and oxygen atoms in total. The predicted octanol–water partition coefficient (Wildman–Crippen LogP) is 5.79. The van der Waals surface area contributed by atoms with Crippen molar-refractivity contribution in [3.05, 3.63) is 100 Å². The number of rotatable bonds is 6. The molecule has 5 rings (SSSR count). The highest BCUT2D eigenvalue weighted by Gasteiger charge is 2.16. The van der Waals surface area contributed by atoms with E-state index in [0.29, 0.717) is 50.3 Å². The lowest BCUT2D eigenvalue weighted by Crippen LogP contribution is -2.22. The number of para-hydroxylation sites is 2. The molecule has 0 saturated carbocycles. The monoisotopic (exact) mass is 473 g/mol. The third-order valence-electron chi connectivity index (χ3n) is 5.44. The number of hydrogen-bond acceptors (Lipinski definition) is 6. The zero-order valence-electron chi connectivity index (χ0n) is 18.5. The van der Waals surface area contributed by atoms with Crippen LogP contribution in [0.4, 0.5) is 4.39 Å². The largest absolute Gasteiger partial charge is 0.496 e. The number of hydrogen-bond donors (Lipinski definition) is 0. The topological polar surface area (TPSA) is 70.2 Å². The number of methoxy groups -OCH3 is 1. The van der Waals surface area contributed by atoms with Gasteiger partial charge in [0.25, 0.3) is 5.56 Å². The molecule has 0 bridgehead atoms. The van der Waals surface area contributed by atoms with Crippen molar-refractivity contribution < 1.29 is 13.7 Å². The zero-order chi connectivity index (χ0) is 23.7. The van der Waals surface area contributed by atoms with Crippen LogP contribution in [0.25, 0.3) is 27.8 Å². The number of aryl methyl sites for hydroxylation is 1. The summed E-state index contributed by atoms with van der Waals surface area (Å²) >= 11 is 1.32. The van der Waals surface area contributed by atoms with Crippen LogP contribution in [0.1, 0.15) is 11.3 Å². The summed E-state index contributed by atoms with van der Waals surface area (Å²) in [5.41, 5.74) is 2.71. The van der Waals surface area contributed by atoms with Gasteiger partial charge in [-0.15, -0.1) is 0 Å². The maximum absolute atomic E-state index is 14.3. The van der Waals surface area contributed by atoms with Gasteiger partial charge in [-0.05, 0) is 48.9 Å². The van der Waals surface area contributed by atoms with Gasteiger partial charge in [-0.1, -0.05) is 47.3 Å². The van der Waals surface area contributed by atoms with E-state index in [0.717, 1.165) is 5.56 Å². The van der Waals surface area contributed by atoms with Gasteiger partial charge in [0.15, 0.2) is 5.16 Å². The molecule has 2 heterocycles. The van der Waals surface area contributed by atoms with Crippen molar-refractivity contribution in [2.45, 2.75) is 17.8 Å². The average Bonchev–Trinajstić information content (AvgIpc) is 3.33. The number of fused-ring (bicyclic) bond motifs is 1. The van der Waals surface area contributed by atoms with Crippen molar-refractivity contribution in [2.24, 2.45) is 0 Å². The molecular formula is C26H20FN3O3S. The van der Waals surface area contributed by atoms with Crippen LogP contribution in [-0.4, -0.2) is 21.8 Å². The van der Waals surface area contributed by atoms with Gasteiger partial charge >= 0.3 is 0 Å². The fourth-order valence-electron chi connectivity index (χ4n) is 3.66. The Morgan fingerprint density at radius 3 is 2.68 bits per heavy atom. The molecule has 0 aliphatic rings. The third kappa shape index (κ3) is 4.08. The maximum atomic E-state index is 14.3. The summed E-state index contributed by atoms with van der Waals surface area (Å²) in [5, 5.41) is 5.07. The summed E-state index contributed by atoms with van der Waals surface area (Å²) in [6, 6.07) is 21.2. The Morgan fingerprint density at radius 1 is 1.06 bits per heavy atom. The molecule has 8 heteroatoms. The highest BCUT2D eigenvalue weighted by Crippen LogP contribution is 2.31. The van der Waals surface area contributed by atoms with Gasteiger partial charge in [0, 0.05) is 11.6 Å². The maximum Gasteiger partial charge on any atom is 0.266 e. The first-order valence-corrected chi connectivity index (χ1v) is 11.5. The quantitative estimate of drug-likeness (QED) is 0.230. The summed E-state index contributed by atoms with van der Waals surface area (Å²) in [6.07, 6.45) is 0. The fraction of sp³-hybridized carbons (Fsp3) is 0.115. The Labute approximate surface area is 199 Å². The van der Waals surface area contributed by atoms with Crippen LogP contribution in [-0.2, 0) is 5.75 Å². The molecule has 0 N–H and O–H groups in total. The number of thioether (sulfide) groups is 1. The van der Waals surface area contributed by atoms with Crippen LogP contribution >= 0.6 is 11.8 Å². The Kier molecular flexibility index (Phi) is 5.90. The number of aromatic nitrogens is 3. The molecule has 0 aliphatic heterocycles. The van der Waals surface area contributed by atoms with E-state index in [2.05, 4.69) is 5.16 Å². The van der Waals surface area contributed by atoms with E-state index in [9.17, 15) is 9.18 Å². The Morgan fingerprint density at radius 2 is 1.85 bits per heavy atom. The summed E-state index contributed by atoms with van der Waals surface area (Å²) in [7, 11) is 1.61. The second-order valence-electron chi connectivity index (χ2n) is 7.65. The fourth-order valence-corrected chi connectivity index (χ4v) is 4.55. The molecule has 0 spiro atoms. The Bertz CT molecular complexity index is 1560. The highest BCUT2D eigenvalue weighted by molar-refractivity contribution is 7.98. The molecule has 0 saturated heterocycles. The number of ether oxygens (including phenoxy) is 1. The van der Waals surface area contributed by atoms with Gasteiger partial charge in [0.05, 0.1) is 29.5 Å². The average molecular weight is 474 g/mol. The van der Waals surface area contributed by atoms with Gasteiger partial charge in [-0.2, -0.15) is 0 Å². The van der Waals surface area contributed by atoms with Crippen LogP contribution in [0.5, 0.6) is 5.75 Å². The molecule has 2 aromatic heterocycles. The Balaban J connectivity index is 1.52.